The van der Waals surface area contributed by atoms with Gasteiger partial charge in [0.05, 0.1) is 55.8 Å². The monoisotopic (exact) mass is 883 g/mol. The standard InChI is InChI=1S/C47H69N3O13/c1-50(2)36-21-18-34(19-22-36)45(49-62)48-46(59)35-20-23-37(51)16-14-12-10-8-6-4-3-5-7-9-11-13-15-17-38(52)27-29-63-44(58)32-40(54)30-39(53)24-25-42(56)43(57)31-41(55)33-47(60,61)28-26-35/h3-16,18-19,21-22,35,37-43,51-57,60-62H,17,20,23-33H2,1-2H3,(H,48,49,59)/b4-3+,7-5+,8-6+,11-9+,12-10+,15-13+,16-14+/t35-,37-,38+,39+,40+,41-,42+,43+/m0/s1. The van der Waals surface area contributed by atoms with Gasteiger partial charge in [0.25, 0.3) is 0 Å². The summed E-state index contributed by atoms with van der Waals surface area (Å²) in [6, 6.07) is 6.86. The fourth-order valence-corrected chi connectivity index (χ4v) is 6.47. The summed E-state index contributed by atoms with van der Waals surface area (Å²) >= 11 is 0. The number of nitrogens with zero attached hydrogens (tertiary/aromatic N) is 2. The highest BCUT2D eigenvalue weighted by Crippen LogP contribution is 2.26. The minimum atomic E-state index is -2.52. The molecular weight excluding hydrogens is 815 g/mol. The molecule has 0 aromatic heterocycles. The quantitative estimate of drug-likeness (QED) is 0.0521. The molecule has 0 radical (unpaired) electrons. The number of hydrogen-bond acceptors (Lipinski definition) is 15. The Morgan fingerprint density at radius 1 is 0.698 bits per heavy atom. The molecular formula is C47H69N3O13. The third-order valence-electron chi connectivity index (χ3n) is 10.1. The fraction of sp³-hybridized carbons (Fsp3) is 0.511. The van der Waals surface area contributed by atoms with Crippen LogP contribution in [0.25, 0.3) is 0 Å². The normalized spacial score (nSPS) is 31.3. The Balaban J connectivity index is 2.18. The number of aliphatic hydroxyl groups excluding tert-OH is 7. The second-order valence-electron chi connectivity index (χ2n) is 15.9. The molecule has 2 rings (SSSR count). The summed E-state index contributed by atoms with van der Waals surface area (Å²) in [5.41, 5.74) is 1.28. The Morgan fingerprint density at radius 3 is 1.90 bits per heavy atom. The Kier molecular flexibility index (Phi) is 26.2. The van der Waals surface area contributed by atoms with Crippen molar-refractivity contribution >= 4 is 23.4 Å². The minimum absolute atomic E-state index is 0.0606. The number of oxime groups is 1. The van der Waals surface area contributed by atoms with Gasteiger partial charge in [-0.25, -0.2) is 0 Å². The highest BCUT2D eigenvalue weighted by molar-refractivity contribution is 6.08. The van der Waals surface area contributed by atoms with E-state index in [4.69, 9.17) is 4.74 Å². The van der Waals surface area contributed by atoms with E-state index in [1.807, 2.05) is 55.5 Å². The molecule has 63 heavy (non-hydrogen) atoms. The molecule has 1 amide bonds. The molecule has 0 aliphatic carbocycles. The Bertz CT molecular complexity index is 1720. The summed E-state index contributed by atoms with van der Waals surface area (Å²) in [5.74, 6) is -4.89. The first-order valence-corrected chi connectivity index (χ1v) is 21.3. The molecule has 16 nitrogen and oxygen atoms in total. The molecule has 0 spiro atoms. The predicted molar refractivity (Wildman–Crippen MR) is 240 cm³/mol. The number of allylic oxidation sites excluding steroid dienone is 12. The summed E-state index contributed by atoms with van der Waals surface area (Å²) in [5, 5.41) is 111. The van der Waals surface area contributed by atoms with Crippen LogP contribution >= 0.6 is 0 Å². The number of anilines is 1. The summed E-state index contributed by atoms with van der Waals surface area (Å²) in [6.07, 6.45) is 14.5. The molecule has 16 heteroatoms. The van der Waals surface area contributed by atoms with Gasteiger partial charge in [-0.15, -0.1) is 0 Å². The van der Waals surface area contributed by atoms with Crippen LogP contribution in [0, 0.1) is 5.92 Å². The lowest BCUT2D eigenvalue weighted by Gasteiger charge is -2.28. The second kappa shape index (κ2) is 30.4. The third-order valence-corrected chi connectivity index (χ3v) is 10.1. The Hall–Kier alpha value is -4.75. The van der Waals surface area contributed by atoms with E-state index in [0.717, 1.165) is 5.69 Å². The van der Waals surface area contributed by atoms with Crippen molar-refractivity contribution in [3.05, 3.63) is 115 Å². The average molecular weight is 884 g/mol. The Labute approximate surface area is 370 Å². The van der Waals surface area contributed by atoms with Crippen LogP contribution in [0.3, 0.4) is 0 Å². The van der Waals surface area contributed by atoms with Gasteiger partial charge >= 0.3 is 5.97 Å². The molecule has 1 aliphatic heterocycles. The summed E-state index contributed by atoms with van der Waals surface area (Å²) in [6.45, 7) is -0.0606. The van der Waals surface area contributed by atoms with E-state index >= 15 is 0 Å². The van der Waals surface area contributed by atoms with Crippen molar-refractivity contribution in [2.75, 3.05) is 25.6 Å². The van der Waals surface area contributed by atoms with E-state index in [9.17, 15) is 60.8 Å². The number of carbonyl (C=O) groups excluding carboxylic acids is 2. The lowest BCUT2D eigenvalue weighted by molar-refractivity contribution is -0.190. The zero-order valence-electron chi connectivity index (χ0n) is 36.3. The molecule has 1 aromatic carbocycles. The van der Waals surface area contributed by atoms with Crippen LogP contribution in [0.4, 0.5) is 5.69 Å². The van der Waals surface area contributed by atoms with Crippen LogP contribution in [0.15, 0.2) is 114 Å². The summed E-state index contributed by atoms with van der Waals surface area (Å²) in [4.78, 5) is 27.6. The number of cyclic esters (lactones) is 1. The maximum atomic E-state index is 13.6. The number of amides is 1. The van der Waals surface area contributed by atoms with Gasteiger partial charge in [0.1, 0.15) is 0 Å². The number of nitrogens with one attached hydrogen (secondary N) is 1. The number of amidine groups is 1. The number of ether oxygens (including phenoxy) is 1. The predicted octanol–water partition coefficient (Wildman–Crippen LogP) is 2.96. The van der Waals surface area contributed by atoms with Gasteiger partial charge in [0.15, 0.2) is 11.6 Å². The zero-order chi connectivity index (χ0) is 46.6. The molecule has 0 saturated carbocycles. The number of hydrogen-bond donors (Lipinski definition) is 11. The van der Waals surface area contributed by atoms with Crippen LogP contribution in [0.2, 0.25) is 0 Å². The first-order valence-electron chi connectivity index (χ1n) is 21.3. The first-order chi connectivity index (χ1) is 30.0. The molecule has 0 unspecified atom stereocenters. The number of rotatable bonds is 3. The van der Waals surface area contributed by atoms with Crippen molar-refractivity contribution < 1.29 is 65.5 Å². The molecule has 1 heterocycles. The van der Waals surface area contributed by atoms with Gasteiger partial charge in [-0.3, -0.25) is 9.59 Å². The van der Waals surface area contributed by atoms with E-state index in [1.54, 1.807) is 72.9 Å². The number of aliphatic hydroxyl groups is 9. The van der Waals surface area contributed by atoms with Crippen molar-refractivity contribution in [3.8, 4) is 0 Å². The smallest absolute Gasteiger partial charge is 0.308 e. The molecule has 350 valence electrons. The summed E-state index contributed by atoms with van der Waals surface area (Å²) in [7, 11) is 3.72. The van der Waals surface area contributed by atoms with Crippen LogP contribution < -0.4 is 10.2 Å². The van der Waals surface area contributed by atoms with Gasteiger partial charge < -0.3 is 66.1 Å². The molecule has 0 bridgehead atoms. The van der Waals surface area contributed by atoms with Crippen molar-refractivity contribution in [2.24, 2.45) is 11.1 Å². The highest BCUT2D eigenvalue weighted by atomic mass is 16.5. The van der Waals surface area contributed by atoms with Crippen LogP contribution in [0.5, 0.6) is 0 Å². The molecule has 1 aromatic rings. The summed E-state index contributed by atoms with van der Waals surface area (Å²) < 4.78 is 5.10. The average Bonchev–Trinajstić information content (AvgIpc) is 3.22. The highest BCUT2D eigenvalue weighted by Gasteiger charge is 2.32. The SMILES string of the molecule is CN(C)c1ccc(/C(=N\O)NC(=O)[C@H]2CC[C@@H](O)/C=C/C=C/C=C/C=C/C=C/C=C/C=C/C[C@@H](O)CCOC(=O)C[C@H](O)C[C@H](O)CC[C@@H](O)[C@H](O)C[C@H](O)CC(O)(O)CC2)cc1. The maximum Gasteiger partial charge on any atom is 0.308 e. The van der Waals surface area contributed by atoms with Crippen LogP contribution in [-0.4, -0.2) is 138 Å². The lowest BCUT2D eigenvalue weighted by Crippen LogP contribution is -2.40. The molecule has 8 atom stereocenters. The van der Waals surface area contributed by atoms with Gasteiger partial charge in [-0.2, -0.15) is 0 Å². The number of esters is 1. The van der Waals surface area contributed by atoms with Crippen molar-refractivity contribution in [3.63, 3.8) is 0 Å². The van der Waals surface area contributed by atoms with Gasteiger partial charge in [0.2, 0.25) is 5.91 Å². The van der Waals surface area contributed by atoms with E-state index in [2.05, 4.69) is 10.5 Å². The van der Waals surface area contributed by atoms with Crippen molar-refractivity contribution in [2.45, 2.75) is 126 Å². The van der Waals surface area contributed by atoms with E-state index in [1.165, 1.54) is 0 Å². The maximum absolute atomic E-state index is 13.6. The van der Waals surface area contributed by atoms with Gasteiger partial charge in [0, 0.05) is 56.9 Å². The van der Waals surface area contributed by atoms with Crippen LogP contribution in [-0.2, 0) is 14.3 Å². The number of benzene rings is 1. The van der Waals surface area contributed by atoms with Gasteiger partial charge in [-0.1, -0.05) is 90.2 Å². The number of carbonyl (C=O) groups is 2. The fourth-order valence-electron chi connectivity index (χ4n) is 6.47. The lowest BCUT2D eigenvalue weighted by atomic mass is 9.89. The molecule has 0 saturated heterocycles. The molecule has 0 fully saturated rings. The van der Waals surface area contributed by atoms with E-state index in [-0.39, 0.29) is 57.4 Å². The van der Waals surface area contributed by atoms with Gasteiger partial charge in [-0.05, 0) is 69.2 Å². The Morgan fingerprint density at radius 2 is 1.30 bits per heavy atom. The minimum Gasteiger partial charge on any atom is -0.465 e. The first kappa shape index (κ1) is 54.4. The second-order valence-corrected chi connectivity index (χ2v) is 15.9. The topological polar surface area (TPSA) is 273 Å². The molecule has 11 N–H and O–H groups in total. The van der Waals surface area contributed by atoms with E-state index < -0.39 is 92.0 Å². The van der Waals surface area contributed by atoms with Crippen molar-refractivity contribution in [1.29, 1.82) is 0 Å². The third kappa shape index (κ3) is 24.6. The largest absolute Gasteiger partial charge is 0.465 e. The molecule has 1 aliphatic rings. The van der Waals surface area contributed by atoms with Crippen molar-refractivity contribution in [1.82, 2.24) is 5.32 Å². The van der Waals surface area contributed by atoms with Crippen LogP contribution in [0.1, 0.15) is 82.6 Å². The zero-order valence-corrected chi connectivity index (χ0v) is 36.3. The van der Waals surface area contributed by atoms with E-state index in [0.29, 0.717) is 12.0 Å².